The van der Waals surface area contributed by atoms with Crippen molar-refractivity contribution in [2.24, 2.45) is 5.41 Å². The monoisotopic (exact) mass is 301 g/mol. The molecule has 1 aliphatic carbocycles. The first kappa shape index (κ1) is 12.5. The molecule has 0 atom stereocenters. The number of carbonyl (C=O) groups is 1. The van der Waals surface area contributed by atoms with Crippen molar-refractivity contribution in [1.29, 1.82) is 0 Å². The van der Waals surface area contributed by atoms with Gasteiger partial charge < -0.3 is 10.4 Å². The van der Waals surface area contributed by atoms with E-state index in [0.717, 1.165) is 12.8 Å². The molecule has 1 aromatic rings. The first-order valence-corrected chi connectivity index (χ1v) is 6.20. The van der Waals surface area contributed by atoms with Gasteiger partial charge in [0.15, 0.2) is 0 Å². The second kappa shape index (κ2) is 4.74. The van der Waals surface area contributed by atoms with Crippen LogP contribution in [0.25, 0.3) is 0 Å². The molecule has 0 aliphatic heterocycles. The molecule has 1 fully saturated rings. The van der Waals surface area contributed by atoms with Crippen LogP contribution in [0.2, 0.25) is 0 Å². The lowest BCUT2D eigenvalue weighted by Crippen LogP contribution is -2.31. The highest BCUT2D eigenvalue weighted by Gasteiger charge is 2.42. The van der Waals surface area contributed by atoms with Crippen LogP contribution in [0.3, 0.4) is 0 Å². The smallest absolute Gasteiger partial charge is 0.251 e. The number of benzene rings is 1. The lowest BCUT2D eigenvalue weighted by atomic mass is 10.1. The van der Waals surface area contributed by atoms with Gasteiger partial charge in [0, 0.05) is 17.5 Å². The first-order valence-electron chi connectivity index (χ1n) is 5.40. The molecule has 5 heteroatoms. The Kier molecular flexibility index (Phi) is 3.49. The summed E-state index contributed by atoms with van der Waals surface area (Å²) in [5, 5.41) is 11.9. The van der Waals surface area contributed by atoms with Crippen molar-refractivity contribution in [3.63, 3.8) is 0 Å². The Hall–Kier alpha value is -0.940. The Morgan fingerprint density at radius 2 is 2.24 bits per heavy atom. The van der Waals surface area contributed by atoms with Crippen LogP contribution in [-0.4, -0.2) is 24.2 Å². The Balaban J connectivity index is 1.97. The number of aliphatic hydroxyl groups is 1. The molecule has 0 aromatic heterocycles. The highest BCUT2D eigenvalue weighted by Crippen LogP contribution is 2.44. The minimum atomic E-state index is -0.393. The highest BCUT2D eigenvalue weighted by atomic mass is 79.9. The van der Waals surface area contributed by atoms with Gasteiger partial charge in [0.25, 0.3) is 5.91 Å². The second-order valence-electron chi connectivity index (χ2n) is 4.47. The van der Waals surface area contributed by atoms with E-state index in [2.05, 4.69) is 21.2 Å². The second-order valence-corrected chi connectivity index (χ2v) is 5.32. The standard InChI is InChI=1S/C12H13BrFNO2/c13-9-5-8(1-2-10(9)14)11(17)15-6-12(7-16)3-4-12/h1-2,5,16H,3-4,6-7H2,(H,15,17). The minimum absolute atomic E-state index is 0.0976. The van der Waals surface area contributed by atoms with Gasteiger partial charge in [-0.1, -0.05) is 0 Å². The van der Waals surface area contributed by atoms with E-state index in [9.17, 15) is 9.18 Å². The van der Waals surface area contributed by atoms with E-state index in [1.165, 1.54) is 18.2 Å². The quantitative estimate of drug-likeness (QED) is 0.895. The van der Waals surface area contributed by atoms with Crippen LogP contribution in [0, 0.1) is 11.2 Å². The van der Waals surface area contributed by atoms with Crippen molar-refractivity contribution in [1.82, 2.24) is 5.32 Å². The lowest BCUT2D eigenvalue weighted by Gasteiger charge is -2.12. The predicted molar refractivity (Wildman–Crippen MR) is 65.2 cm³/mol. The molecule has 1 amide bonds. The van der Waals surface area contributed by atoms with E-state index in [1.54, 1.807) is 0 Å². The average molecular weight is 302 g/mol. The van der Waals surface area contributed by atoms with Crippen molar-refractivity contribution in [2.75, 3.05) is 13.2 Å². The van der Waals surface area contributed by atoms with Gasteiger partial charge in [-0.25, -0.2) is 4.39 Å². The molecule has 0 saturated heterocycles. The average Bonchev–Trinajstić information content (AvgIpc) is 3.10. The summed E-state index contributed by atoms with van der Waals surface area (Å²) in [6.45, 7) is 0.567. The summed E-state index contributed by atoms with van der Waals surface area (Å²) in [6, 6.07) is 4.13. The molecule has 1 saturated carbocycles. The van der Waals surface area contributed by atoms with Gasteiger partial charge in [-0.15, -0.1) is 0 Å². The van der Waals surface area contributed by atoms with Gasteiger partial charge in [-0.3, -0.25) is 4.79 Å². The van der Waals surface area contributed by atoms with E-state index in [4.69, 9.17) is 5.11 Å². The fourth-order valence-corrected chi connectivity index (χ4v) is 1.95. The summed E-state index contributed by atoms with van der Waals surface area (Å²) in [5.74, 6) is -0.638. The number of hydrogen-bond donors (Lipinski definition) is 2. The number of aliphatic hydroxyl groups excluding tert-OH is 1. The Morgan fingerprint density at radius 3 is 2.76 bits per heavy atom. The number of carbonyl (C=O) groups excluding carboxylic acids is 1. The van der Waals surface area contributed by atoms with Crippen molar-refractivity contribution in [2.45, 2.75) is 12.8 Å². The van der Waals surface area contributed by atoms with Crippen molar-refractivity contribution < 1.29 is 14.3 Å². The largest absolute Gasteiger partial charge is 0.396 e. The molecule has 17 heavy (non-hydrogen) atoms. The normalized spacial score (nSPS) is 16.6. The van der Waals surface area contributed by atoms with Crippen LogP contribution in [0.4, 0.5) is 4.39 Å². The lowest BCUT2D eigenvalue weighted by molar-refractivity contribution is 0.0935. The maximum atomic E-state index is 13.0. The molecule has 0 heterocycles. The third-order valence-corrected chi connectivity index (χ3v) is 3.71. The number of nitrogens with one attached hydrogen (secondary N) is 1. The highest BCUT2D eigenvalue weighted by molar-refractivity contribution is 9.10. The topological polar surface area (TPSA) is 49.3 Å². The SMILES string of the molecule is O=C(NCC1(CO)CC1)c1ccc(F)c(Br)c1. The van der Waals surface area contributed by atoms with Crippen molar-refractivity contribution in [3.8, 4) is 0 Å². The number of hydrogen-bond acceptors (Lipinski definition) is 2. The van der Waals surface area contributed by atoms with Crippen LogP contribution in [0.5, 0.6) is 0 Å². The Bertz CT molecular complexity index is 446. The van der Waals surface area contributed by atoms with E-state index < -0.39 is 5.82 Å². The molecular weight excluding hydrogens is 289 g/mol. The van der Waals surface area contributed by atoms with Crippen LogP contribution < -0.4 is 5.32 Å². The van der Waals surface area contributed by atoms with E-state index in [0.29, 0.717) is 12.1 Å². The summed E-state index contributed by atoms with van der Waals surface area (Å²) < 4.78 is 13.3. The zero-order valence-electron chi connectivity index (χ0n) is 9.17. The summed E-state index contributed by atoms with van der Waals surface area (Å²) in [7, 11) is 0. The van der Waals surface area contributed by atoms with E-state index in [1.807, 2.05) is 0 Å². The minimum Gasteiger partial charge on any atom is -0.396 e. The number of halogens is 2. The molecule has 0 radical (unpaired) electrons. The molecule has 1 aromatic carbocycles. The van der Waals surface area contributed by atoms with Gasteiger partial charge in [0.1, 0.15) is 5.82 Å². The summed E-state index contributed by atoms with van der Waals surface area (Å²) >= 11 is 3.04. The number of rotatable bonds is 4. The fraction of sp³-hybridized carbons (Fsp3) is 0.417. The van der Waals surface area contributed by atoms with E-state index >= 15 is 0 Å². The molecule has 92 valence electrons. The molecule has 0 spiro atoms. The van der Waals surface area contributed by atoms with E-state index in [-0.39, 0.29) is 22.4 Å². The molecule has 0 bridgehead atoms. The van der Waals surface area contributed by atoms with Crippen LogP contribution >= 0.6 is 15.9 Å². The third-order valence-electron chi connectivity index (χ3n) is 3.10. The zero-order chi connectivity index (χ0) is 12.5. The molecule has 0 unspecified atom stereocenters. The van der Waals surface area contributed by atoms with Gasteiger partial charge in [-0.05, 0) is 47.0 Å². The van der Waals surface area contributed by atoms with Crippen LogP contribution in [0.1, 0.15) is 23.2 Å². The third kappa shape index (κ3) is 2.84. The molecule has 3 nitrogen and oxygen atoms in total. The zero-order valence-corrected chi connectivity index (χ0v) is 10.8. The van der Waals surface area contributed by atoms with Crippen LogP contribution in [0.15, 0.2) is 22.7 Å². The predicted octanol–water partition coefficient (Wildman–Crippen LogP) is 2.09. The van der Waals surface area contributed by atoms with Crippen LogP contribution in [-0.2, 0) is 0 Å². The Labute approximate surface area is 107 Å². The Morgan fingerprint density at radius 1 is 1.53 bits per heavy atom. The molecule has 2 N–H and O–H groups in total. The number of amides is 1. The maximum Gasteiger partial charge on any atom is 0.251 e. The van der Waals surface area contributed by atoms with Crippen molar-refractivity contribution >= 4 is 21.8 Å². The van der Waals surface area contributed by atoms with Gasteiger partial charge >= 0.3 is 0 Å². The van der Waals surface area contributed by atoms with Gasteiger partial charge in [-0.2, -0.15) is 0 Å². The molecule has 2 rings (SSSR count). The van der Waals surface area contributed by atoms with Gasteiger partial charge in [0.05, 0.1) is 11.1 Å². The van der Waals surface area contributed by atoms with Gasteiger partial charge in [0.2, 0.25) is 0 Å². The molecule has 1 aliphatic rings. The maximum absolute atomic E-state index is 13.0. The summed E-state index contributed by atoms with van der Waals surface area (Å²) in [4.78, 5) is 11.8. The van der Waals surface area contributed by atoms with Crippen molar-refractivity contribution in [3.05, 3.63) is 34.1 Å². The summed E-state index contributed by atoms with van der Waals surface area (Å²) in [5.41, 5.74) is 0.291. The molecular formula is C12H13BrFNO2. The first-order chi connectivity index (χ1) is 8.06. The fourth-order valence-electron chi connectivity index (χ4n) is 1.57. The summed E-state index contributed by atoms with van der Waals surface area (Å²) in [6.07, 6.45) is 1.88.